The van der Waals surface area contributed by atoms with Gasteiger partial charge in [0.05, 0.1) is 6.10 Å². The van der Waals surface area contributed by atoms with Crippen LogP contribution < -0.4 is 10.6 Å². The second kappa shape index (κ2) is 5.69. The smallest absolute Gasteiger partial charge is 0.0724 e. The third kappa shape index (κ3) is 2.14. The van der Waals surface area contributed by atoms with Crippen LogP contribution in [0.2, 0.25) is 0 Å². The highest BCUT2D eigenvalue weighted by molar-refractivity contribution is 5.40. The van der Waals surface area contributed by atoms with Crippen LogP contribution >= 0.6 is 0 Å². The van der Waals surface area contributed by atoms with Crippen molar-refractivity contribution in [3.63, 3.8) is 0 Å². The summed E-state index contributed by atoms with van der Waals surface area (Å²) in [5.74, 6) is 1.24. The van der Waals surface area contributed by atoms with Gasteiger partial charge in [-0.05, 0) is 75.4 Å². The van der Waals surface area contributed by atoms with Crippen molar-refractivity contribution in [3.05, 3.63) is 23.3 Å². The van der Waals surface area contributed by atoms with Gasteiger partial charge in [0.25, 0.3) is 0 Å². The SMILES string of the molecule is CNC1CC2CC(O)C=C[C@]2(C)[C@@H]2CC[C@@]3(C)C(=C12)CCC3NC. The fraction of sp³-hybridized carbons (Fsp3) is 0.810. The topological polar surface area (TPSA) is 44.3 Å². The van der Waals surface area contributed by atoms with E-state index in [0.717, 1.165) is 6.42 Å². The maximum Gasteiger partial charge on any atom is 0.0724 e. The normalized spacial score (nSPS) is 50.5. The molecular formula is C21H34N2O. The van der Waals surface area contributed by atoms with E-state index in [1.807, 2.05) is 0 Å². The minimum absolute atomic E-state index is 0.230. The lowest BCUT2D eigenvalue weighted by Crippen LogP contribution is -2.54. The Kier molecular flexibility index (Phi) is 3.98. The number of hydrogen-bond donors (Lipinski definition) is 3. The number of aliphatic hydroxyl groups excluding tert-OH is 1. The van der Waals surface area contributed by atoms with Crippen LogP contribution in [0.4, 0.5) is 0 Å². The number of aliphatic hydroxyl groups is 1. The van der Waals surface area contributed by atoms with Crippen LogP contribution in [0.1, 0.15) is 52.4 Å². The van der Waals surface area contributed by atoms with E-state index in [-0.39, 0.29) is 11.5 Å². The van der Waals surface area contributed by atoms with Crippen molar-refractivity contribution in [1.82, 2.24) is 10.6 Å². The molecule has 7 atom stereocenters. The molecule has 3 nitrogen and oxygen atoms in total. The Morgan fingerprint density at radius 1 is 1.12 bits per heavy atom. The monoisotopic (exact) mass is 330 g/mol. The number of rotatable bonds is 2. The number of hydrogen-bond acceptors (Lipinski definition) is 3. The first kappa shape index (κ1) is 16.8. The highest BCUT2D eigenvalue weighted by Gasteiger charge is 2.56. The fourth-order valence-corrected chi connectivity index (χ4v) is 6.79. The molecule has 0 aromatic heterocycles. The van der Waals surface area contributed by atoms with Gasteiger partial charge in [-0.3, -0.25) is 0 Å². The third-order valence-electron chi connectivity index (χ3n) is 8.24. The van der Waals surface area contributed by atoms with Crippen LogP contribution in [0, 0.1) is 22.7 Å². The van der Waals surface area contributed by atoms with Gasteiger partial charge in [-0.1, -0.05) is 31.6 Å². The van der Waals surface area contributed by atoms with Crippen molar-refractivity contribution >= 4 is 0 Å². The summed E-state index contributed by atoms with van der Waals surface area (Å²) in [6.45, 7) is 4.96. The lowest BCUT2D eigenvalue weighted by atomic mass is 9.50. The Labute approximate surface area is 147 Å². The molecule has 0 aromatic rings. The molecule has 0 aliphatic heterocycles. The minimum Gasteiger partial charge on any atom is -0.389 e. The Morgan fingerprint density at radius 2 is 1.92 bits per heavy atom. The lowest BCUT2D eigenvalue weighted by Gasteiger charge is -2.56. The zero-order valence-electron chi connectivity index (χ0n) is 15.7. The molecule has 4 unspecified atom stereocenters. The lowest BCUT2D eigenvalue weighted by molar-refractivity contribution is 0.0384. The van der Waals surface area contributed by atoms with Gasteiger partial charge in [0.2, 0.25) is 0 Å². The van der Waals surface area contributed by atoms with Gasteiger partial charge >= 0.3 is 0 Å². The largest absolute Gasteiger partial charge is 0.389 e. The van der Waals surface area contributed by atoms with Gasteiger partial charge < -0.3 is 15.7 Å². The Bertz CT molecular complexity index is 582. The number of allylic oxidation sites excluding steroid dienone is 1. The summed E-state index contributed by atoms with van der Waals surface area (Å²) in [7, 11) is 4.26. The standard InChI is InChI=1S/C21H34N2O/c1-20-9-7-14(24)11-13(20)12-17(22-3)19-15-5-6-18(23-4)21(15,2)10-8-16(19)20/h7,9,13-14,16-18,22-24H,5-6,8,10-12H2,1-4H3/t13?,14?,16-,17?,18?,20+,21+/m1/s1. The van der Waals surface area contributed by atoms with Gasteiger partial charge in [0.15, 0.2) is 0 Å². The van der Waals surface area contributed by atoms with Crippen LogP contribution in [0.15, 0.2) is 23.3 Å². The quantitative estimate of drug-likeness (QED) is 0.682. The van der Waals surface area contributed by atoms with Crippen LogP contribution in [0.5, 0.6) is 0 Å². The highest BCUT2D eigenvalue weighted by atomic mass is 16.3. The van der Waals surface area contributed by atoms with Gasteiger partial charge in [0, 0.05) is 17.5 Å². The zero-order valence-corrected chi connectivity index (χ0v) is 15.7. The predicted octanol–water partition coefficient (Wildman–Crippen LogP) is 3.02. The fourth-order valence-electron chi connectivity index (χ4n) is 6.79. The van der Waals surface area contributed by atoms with Crippen molar-refractivity contribution in [1.29, 1.82) is 0 Å². The van der Waals surface area contributed by atoms with Crippen LogP contribution in [0.25, 0.3) is 0 Å². The molecule has 24 heavy (non-hydrogen) atoms. The third-order valence-corrected chi connectivity index (χ3v) is 8.24. The maximum absolute atomic E-state index is 10.1. The molecule has 2 fully saturated rings. The number of nitrogens with one attached hydrogen (secondary N) is 2. The Morgan fingerprint density at radius 3 is 2.62 bits per heavy atom. The van der Waals surface area contributed by atoms with Crippen LogP contribution in [-0.2, 0) is 0 Å². The highest BCUT2D eigenvalue weighted by Crippen LogP contribution is 2.62. The van der Waals surface area contributed by atoms with Gasteiger partial charge in [-0.15, -0.1) is 0 Å². The Balaban J connectivity index is 1.82. The molecule has 0 heterocycles. The summed E-state index contributed by atoms with van der Waals surface area (Å²) < 4.78 is 0. The molecule has 0 saturated heterocycles. The van der Waals surface area contributed by atoms with E-state index < -0.39 is 0 Å². The van der Waals surface area contributed by atoms with Crippen molar-refractivity contribution < 1.29 is 5.11 Å². The summed E-state index contributed by atoms with van der Waals surface area (Å²) in [5, 5.41) is 17.4. The van der Waals surface area contributed by atoms with Crippen molar-refractivity contribution in [3.8, 4) is 0 Å². The number of fused-ring (bicyclic) bond motifs is 4. The molecule has 3 heteroatoms. The van der Waals surface area contributed by atoms with E-state index >= 15 is 0 Å². The molecule has 0 amide bonds. The molecule has 4 aliphatic rings. The zero-order chi connectivity index (χ0) is 17.1. The molecule has 4 rings (SSSR count). The maximum atomic E-state index is 10.1. The average Bonchev–Trinajstić information content (AvgIpc) is 2.91. The Hall–Kier alpha value is -0.640. The van der Waals surface area contributed by atoms with E-state index in [1.165, 1.54) is 32.1 Å². The molecule has 0 aromatic carbocycles. The van der Waals surface area contributed by atoms with Crippen LogP contribution in [0.3, 0.4) is 0 Å². The molecular weight excluding hydrogens is 296 g/mol. The second-order valence-corrected chi connectivity index (χ2v) is 9.12. The number of likely N-dealkylation sites (N-methyl/N-ethyl adjacent to an activating group) is 1. The molecule has 0 spiro atoms. The second-order valence-electron chi connectivity index (χ2n) is 9.12. The van der Waals surface area contributed by atoms with Crippen molar-refractivity contribution in [2.75, 3.05) is 14.1 Å². The minimum atomic E-state index is -0.246. The molecule has 4 aliphatic carbocycles. The summed E-state index contributed by atoms with van der Waals surface area (Å²) in [6.07, 6.45) is 11.4. The first-order valence-corrected chi connectivity index (χ1v) is 9.89. The van der Waals surface area contributed by atoms with E-state index in [4.69, 9.17) is 0 Å². The van der Waals surface area contributed by atoms with E-state index in [1.54, 1.807) is 11.1 Å². The summed E-state index contributed by atoms with van der Waals surface area (Å²) in [4.78, 5) is 0. The molecule has 2 saturated carbocycles. The summed E-state index contributed by atoms with van der Waals surface area (Å²) >= 11 is 0. The van der Waals surface area contributed by atoms with Crippen molar-refractivity contribution in [2.24, 2.45) is 22.7 Å². The first-order valence-electron chi connectivity index (χ1n) is 9.89. The van der Waals surface area contributed by atoms with Gasteiger partial charge in [-0.2, -0.15) is 0 Å². The van der Waals surface area contributed by atoms with Crippen LogP contribution in [-0.4, -0.2) is 37.4 Å². The molecule has 134 valence electrons. The molecule has 0 bridgehead atoms. The first-order chi connectivity index (χ1) is 11.4. The van der Waals surface area contributed by atoms with Crippen molar-refractivity contribution in [2.45, 2.75) is 70.6 Å². The van der Waals surface area contributed by atoms with E-state index in [9.17, 15) is 5.11 Å². The van der Waals surface area contributed by atoms with Gasteiger partial charge in [-0.25, -0.2) is 0 Å². The van der Waals surface area contributed by atoms with E-state index in [0.29, 0.717) is 29.3 Å². The summed E-state index contributed by atoms with van der Waals surface area (Å²) in [5.41, 5.74) is 4.07. The predicted molar refractivity (Wildman–Crippen MR) is 98.8 cm³/mol. The molecule has 3 N–H and O–H groups in total. The summed E-state index contributed by atoms with van der Waals surface area (Å²) in [6, 6.07) is 1.13. The molecule has 0 radical (unpaired) electrons. The van der Waals surface area contributed by atoms with Gasteiger partial charge in [0.1, 0.15) is 0 Å². The average molecular weight is 331 g/mol. The van der Waals surface area contributed by atoms with E-state index in [2.05, 4.69) is 50.7 Å².